The molecule has 0 atom stereocenters. The van der Waals surface area contributed by atoms with Gasteiger partial charge in [0.05, 0.1) is 18.0 Å². The van der Waals surface area contributed by atoms with Crippen LogP contribution in [-0.4, -0.2) is 62.9 Å². The van der Waals surface area contributed by atoms with E-state index in [1.807, 2.05) is 38.1 Å². The number of anilines is 1. The van der Waals surface area contributed by atoms with Gasteiger partial charge in [-0.15, -0.1) is 29.9 Å². The number of halogens is 2. The van der Waals surface area contributed by atoms with Gasteiger partial charge >= 0.3 is 5.97 Å². The Hall–Kier alpha value is -3.17. The Morgan fingerprint density at radius 3 is 2.14 bits per heavy atom. The second-order valence-corrected chi connectivity index (χ2v) is 10.9. The summed E-state index contributed by atoms with van der Waals surface area (Å²) in [5, 5.41) is 17.9. The molecule has 2 aromatic carbocycles. The van der Waals surface area contributed by atoms with Crippen LogP contribution in [0.3, 0.4) is 0 Å². The van der Waals surface area contributed by atoms with Crippen molar-refractivity contribution in [2.45, 2.75) is 63.6 Å². The highest BCUT2D eigenvalue weighted by Gasteiger charge is 2.39. The minimum atomic E-state index is -0.982. The van der Waals surface area contributed by atoms with Crippen LogP contribution in [0.5, 0.6) is 0 Å². The number of nitrogens with one attached hydrogen (secondary N) is 1. The summed E-state index contributed by atoms with van der Waals surface area (Å²) in [6, 6.07) is 24.8. The van der Waals surface area contributed by atoms with E-state index in [2.05, 4.69) is 68.8 Å². The van der Waals surface area contributed by atoms with Crippen LogP contribution in [0.25, 0.3) is 5.65 Å². The fourth-order valence-corrected chi connectivity index (χ4v) is 5.82. The number of carbonyl (C=O) groups is 1. The van der Waals surface area contributed by atoms with E-state index in [1.54, 1.807) is 10.7 Å². The third kappa shape index (κ3) is 8.06. The maximum atomic E-state index is 12.0. The summed E-state index contributed by atoms with van der Waals surface area (Å²) in [5.41, 5.74) is 2.63. The van der Waals surface area contributed by atoms with Gasteiger partial charge in [0.25, 0.3) is 0 Å². The van der Waals surface area contributed by atoms with Gasteiger partial charge in [-0.3, -0.25) is 4.79 Å². The summed E-state index contributed by atoms with van der Waals surface area (Å²) < 4.78 is 8.38. The fourth-order valence-electron chi connectivity index (χ4n) is 5.82. The molecule has 1 aliphatic rings. The van der Waals surface area contributed by atoms with E-state index in [4.69, 9.17) is 4.74 Å². The molecular weight excluding hydrogens is 585 g/mol. The first-order chi connectivity index (χ1) is 20.0. The molecule has 1 saturated heterocycles. The topological polar surface area (TPSA) is 92.0 Å². The Morgan fingerprint density at radius 1 is 0.977 bits per heavy atom. The standard InChI is InChI=1S/C33H41N5O3.2ClH/c1-3-33(4-2,32(39)40)28-24-38-30(35-28)17-16-29(36-38)34-20-11-21-37-22-18-27(19-23-37)41-31(25-12-7-5-8-13-25)26-14-9-6-10-15-26;;/h5-10,12-17,24,27,31H,3-4,11,18-23H2,1-2H3,(H,34,36)(H,39,40);2*1H. The van der Waals surface area contributed by atoms with Crippen LogP contribution in [-0.2, 0) is 14.9 Å². The summed E-state index contributed by atoms with van der Waals surface area (Å²) in [5.74, 6) is -0.0811. The lowest BCUT2D eigenvalue weighted by molar-refractivity contribution is -0.144. The molecule has 1 fully saturated rings. The number of aromatic nitrogens is 3. The van der Waals surface area contributed by atoms with Crippen LogP contribution in [0.15, 0.2) is 79.0 Å². The minimum Gasteiger partial charge on any atom is -0.481 e. The first-order valence-corrected chi connectivity index (χ1v) is 14.8. The van der Waals surface area contributed by atoms with Crippen molar-refractivity contribution in [3.63, 3.8) is 0 Å². The number of hydrogen-bond acceptors (Lipinski definition) is 6. The molecule has 0 bridgehead atoms. The quantitative estimate of drug-likeness (QED) is 0.158. The van der Waals surface area contributed by atoms with Gasteiger partial charge in [-0.25, -0.2) is 9.50 Å². The van der Waals surface area contributed by atoms with E-state index in [0.29, 0.717) is 24.2 Å². The molecule has 232 valence electrons. The summed E-state index contributed by atoms with van der Waals surface area (Å²) in [6.07, 6.45) is 5.98. The normalized spacial score (nSPS) is 14.3. The molecule has 10 heteroatoms. The molecule has 3 heterocycles. The van der Waals surface area contributed by atoms with Crippen molar-refractivity contribution >= 4 is 42.2 Å². The molecular formula is C33H43Cl2N5O3. The van der Waals surface area contributed by atoms with E-state index < -0.39 is 11.4 Å². The maximum absolute atomic E-state index is 12.0. The zero-order valence-electron chi connectivity index (χ0n) is 24.9. The van der Waals surface area contributed by atoms with Crippen molar-refractivity contribution in [1.29, 1.82) is 0 Å². The van der Waals surface area contributed by atoms with Gasteiger partial charge in [0, 0.05) is 19.6 Å². The molecule has 4 aromatic rings. The Bertz CT molecular complexity index is 1370. The summed E-state index contributed by atoms with van der Waals surface area (Å²) in [4.78, 5) is 19.1. The number of aliphatic carboxylic acids is 1. The van der Waals surface area contributed by atoms with Gasteiger partial charge < -0.3 is 20.1 Å². The van der Waals surface area contributed by atoms with Crippen molar-refractivity contribution in [1.82, 2.24) is 19.5 Å². The molecule has 0 amide bonds. The zero-order chi connectivity index (χ0) is 28.7. The van der Waals surface area contributed by atoms with Gasteiger partial charge in [0.15, 0.2) is 5.65 Å². The average molecular weight is 629 g/mol. The van der Waals surface area contributed by atoms with Crippen LogP contribution < -0.4 is 5.32 Å². The molecule has 0 unspecified atom stereocenters. The molecule has 43 heavy (non-hydrogen) atoms. The number of rotatable bonds is 13. The van der Waals surface area contributed by atoms with Crippen LogP contribution >= 0.6 is 24.8 Å². The molecule has 0 saturated carbocycles. The van der Waals surface area contributed by atoms with Crippen molar-refractivity contribution < 1.29 is 14.6 Å². The number of hydrogen-bond donors (Lipinski definition) is 2. The van der Waals surface area contributed by atoms with Crippen LogP contribution in [0.1, 0.15) is 68.9 Å². The smallest absolute Gasteiger partial charge is 0.315 e. The van der Waals surface area contributed by atoms with Crippen molar-refractivity contribution in [2.24, 2.45) is 0 Å². The van der Waals surface area contributed by atoms with E-state index in [-0.39, 0.29) is 37.0 Å². The lowest BCUT2D eigenvalue weighted by Crippen LogP contribution is -2.38. The third-order valence-corrected chi connectivity index (χ3v) is 8.45. The van der Waals surface area contributed by atoms with Crippen LogP contribution in [0.4, 0.5) is 5.82 Å². The zero-order valence-corrected chi connectivity index (χ0v) is 26.5. The lowest BCUT2D eigenvalue weighted by Gasteiger charge is -2.34. The monoisotopic (exact) mass is 627 g/mol. The Balaban J connectivity index is 0.00000253. The minimum absolute atomic E-state index is 0. The van der Waals surface area contributed by atoms with Crippen LogP contribution in [0.2, 0.25) is 0 Å². The molecule has 0 radical (unpaired) electrons. The van der Waals surface area contributed by atoms with E-state index >= 15 is 0 Å². The molecule has 5 rings (SSSR count). The molecule has 2 aromatic heterocycles. The SMILES string of the molecule is CCC(CC)(C(=O)O)c1cn2nc(NCCCN3CCC(OC(c4ccccc4)c4ccccc4)CC3)ccc2n1.Cl.Cl. The molecule has 1 aliphatic heterocycles. The molecule has 0 spiro atoms. The Kier molecular flexibility index (Phi) is 12.8. The number of imidazole rings is 1. The number of carboxylic acids is 1. The largest absolute Gasteiger partial charge is 0.481 e. The number of fused-ring (bicyclic) bond motifs is 1. The average Bonchev–Trinajstić information content (AvgIpc) is 3.44. The predicted octanol–water partition coefficient (Wildman–Crippen LogP) is 6.79. The summed E-state index contributed by atoms with van der Waals surface area (Å²) in [7, 11) is 0. The van der Waals surface area contributed by atoms with Gasteiger partial charge in [-0.1, -0.05) is 74.5 Å². The van der Waals surface area contributed by atoms with E-state index in [1.165, 1.54) is 11.1 Å². The number of benzene rings is 2. The molecule has 0 aliphatic carbocycles. The number of ether oxygens (including phenoxy) is 1. The van der Waals surface area contributed by atoms with Gasteiger partial charge in [-0.05, 0) is 61.9 Å². The number of likely N-dealkylation sites (tertiary alicyclic amines) is 1. The van der Waals surface area contributed by atoms with Gasteiger partial charge in [0.2, 0.25) is 0 Å². The van der Waals surface area contributed by atoms with Gasteiger partial charge in [0.1, 0.15) is 17.3 Å². The molecule has 8 nitrogen and oxygen atoms in total. The number of piperidine rings is 1. The first-order valence-electron chi connectivity index (χ1n) is 14.8. The molecule has 2 N–H and O–H groups in total. The maximum Gasteiger partial charge on any atom is 0.315 e. The van der Waals surface area contributed by atoms with Crippen molar-refractivity contribution in [3.8, 4) is 0 Å². The summed E-state index contributed by atoms with van der Waals surface area (Å²) >= 11 is 0. The van der Waals surface area contributed by atoms with E-state index in [0.717, 1.165) is 51.3 Å². The summed E-state index contributed by atoms with van der Waals surface area (Å²) in [6.45, 7) is 7.68. The fraction of sp³-hybridized carbons (Fsp3) is 0.424. The van der Waals surface area contributed by atoms with Crippen LogP contribution in [0, 0.1) is 0 Å². The third-order valence-electron chi connectivity index (χ3n) is 8.45. The lowest BCUT2D eigenvalue weighted by atomic mass is 9.80. The van der Waals surface area contributed by atoms with Crippen molar-refractivity contribution in [2.75, 3.05) is 31.5 Å². The van der Waals surface area contributed by atoms with E-state index in [9.17, 15) is 9.90 Å². The highest BCUT2D eigenvalue weighted by Crippen LogP contribution is 2.32. The second-order valence-electron chi connectivity index (χ2n) is 10.9. The second kappa shape index (κ2) is 16.1. The number of carboxylic acid groups (broad SMARTS) is 1. The highest BCUT2D eigenvalue weighted by molar-refractivity contribution is 5.85. The number of nitrogens with zero attached hydrogens (tertiary/aromatic N) is 4. The van der Waals surface area contributed by atoms with Crippen molar-refractivity contribution in [3.05, 3.63) is 95.8 Å². The Morgan fingerprint density at radius 2 is 1.58 bits per heavy atom. The Labute approximate surface area is 266 Å². The first kappa shape index (κ1) is 34.3. The van der Waals surface area contributed by atoms with Gasteiger partial charge in [-0.2, -0.15) is 0 Å². The highest BCUT2D eigenvalue weighted by atomic mass is 35.5. The predicted molar refractivity (Wildman–Crippen MR) is 176 cm³/mol.